The summed E-state index contributed by atoms with van der Waals surface area (Å²) in [6, 6.07) is 7.85. The number of benzene rings is 1. The number of rotatable bonds is 4. The molecule has 4 nitrogen and oxygen atoms in total. The lowest BCUT2D eigenvalue weighted by Gasteiger charge is -2.30. The topological polar surface area (TPSA) is 30.3 Å². The minimum Gasteiger partial charge on any atom is -0.497 e. The number of aryl methyl sites for hydroxylation is 1. The van der Waals surface area contributed by atoms with E-state index in [4.69, 9.17) is 4.74 Å². The molecule has 138 valence electrons. The SMILES string of the molecule is COc1ccc2c3cc(F)nc(C)c3n(C(C)CN3CCCCC3)c2c1. The summed E-state index contributed by atoms with van der Waals surface area (Å²) < 4.78 is 21.8. The van der Waals surface area contributed by atoms with Crippen molar-refractivity contribution in [3.63, 3.8) is 0 Å². The molecule has 0 N–H and O–H groups in total. The first-order valence-electron chi connectivity index (χ1n) is 9.45. The van der Waals surface area contributed by atoms with Crippen LogP contribution in [0.5, 0.6) is 5.75 Å². The van der Waals surface area contributed by atoms with Gasteiger partial charge < -0.3 is 14.2 Å². The molecule has 0 bridgehead atoms. The van der Waals surface area contributed by atoms with Crippen molar-refractivity contribution in [3.05, 3.63) is 35.9 Å². The second-order valence-electron chi connectivity index (χ2n) is 7.39. The van der Waals surface area contributed by atoms with Gasteiger partial charge in [0.25, 0.3) is 0 Å². The van der Waals surface area contributed by atoms with E-state index in [1.807, 2.05) is 19.1 Å². The number of halogens is 1. The van der Waals surface area contributed by atoms with Gasteiger partial charge in [0, 0.05) is 35.5 Å². The lowest BCUT2D eigenvalue weighted by Crippen LogP contribution is -2.34. The molecule has 0 saturated carbocycles. The minimum atomic E-state index is -0.423. The number of methoxy groups -OCH3 is 1. The van der Waals surface area contributed by atoms with Crippen LogP contribution in [0.25, 0.3) is 21.8 Å². The Hall–Kier alpha value is -2.14. The van der Waals surface area contributed by atoms with Crippen molar-refractivity contribution in [3.8, 4) is 5.75 Å². The van der Waals surface area contributed by atoms with Crippen molar-refractivity contribution in [2.24, 2.45) is 0 Å². The molecule has 4 rings (SSSR count). The molecule has 1 aromatic carbocycles. The Morgan fingerprint density at radius 2 is 1.92 bits per heavy atom. The van der Waals surface area contributed by atoms with Gasteiger partial charge in [-0.25, -0.2) is 4.98 Å². The van der Waals surface area contributed by atoms with Crippen molar-refractivity contribution >= 4 is 21.8 Å². The summed E-state index contributed by atoms with van der Waals surface area (Å²) in [5.74, 6) is 0.395. The lowest BCUT2D eigenvalue weighted by atomic mass is 10.1. The number of fused-ring (bicyclic) bond motifs is 3. The van der Waals surface area contributed by atoms with E-state index in [1.165, 1.54) is 19.3 Å². The van der Waals surface area contributed by atoms with Crippen molar-refractivity contribution in [1.29, 1.82) is 0 Å². The van der Waals surface area contributed by atoms with E-state index in [-0.39, 0.29) is 6.04 Å². The molecule has 1 aliphatic rings. The van der Waals surface area contributed by atoms with Crippen LogP contribution in [0.15, 0.2) is 24.3 Å². The number of pyridine rings is 1. The summed E-state index contributed by atoms with van der Waals surface area (Å²) in [4.78, 5) is 6.64. The number of hydrogen-bond donors (Lipinski definition) is 0. The van der Waals surface area contributed by atoms with Crippen molar-refractivity contribution in [1.82, 2.24) is 14.5 Å². The number of aromatic nitrogens is 2. The minimum absolute atomic E-state index is 0.270. The van der Waals surface area contributed by atoms with Crippen LogP contribution >= 0.6 is 0 Å². The lowest BCUT2D eigenvalue weighted by molar-refractivity contribution is 0.204. The highest BCUT2D eigenvalue weighted by molar-refractivity contribution is 6.09. The first-order valence-corrected chi connectivity index (χ1v) is 9.45. The van der Waals surface area contributed by atoms with Crippen LogP contribution in [0.2, 0.25) is 0 Å². The highest BCUT2D eigenvalue weighted by Crippen LogP contribution is 2.35. The van der Waals surface area contributed by atoms with Crippen LogP contribution in [0, 0.1) is 12.9 Å². The Labute approximate surface area is 153 Å². The third-order valence-electron chi connectivity index (χ3n) is 5.54. The van der Waals surface area contributed by atoms with E-state index in [0.29, 0.717) is 0 Å². The Morgan fingerprint density at radius 1 is 1.15 bits per heavy atom. The third kappa shape index (κ3) is 2.94. The van der Waals surface area contributed by atoms with Crippen LogP contribution in [0.1, 0.15) is 37.9 Å². The fourth-order valence-electron chi connectivity index (χ4n) is 4.38. The van der Waals surface area contributed by atoms with E-state index >= 15 is 0 Å². The van der Waals surface area contributed by atoms with Gasteiger partial charge in [0.1, 0.15) is 5.75 Å². The van der Waals surface area contributed by atoms with Gasteiger partial charge in [0.15, 0.2) is 0 Å². The zero-order valence-electron chi connectivity index (χ0n) is 15.8. The Balaban J connectivity index is 1.89. The first kappa shape index (κ1) is 17.3. The Bertz CT molecular complexity index is 943. The molecule has 1 unspecified atom stereocenters. The quantitative estimate of drug-likeness (QED) is 0.636. The zero-order chi connectivity index (χ0) is 18.3. The highest BCUT2D eigenvalue weighted by atomic mass is 19.1. The van der Waals surface area contributed by atoms with E-state index < -0.39 is 5.95 Å². The van der Waals surface area contributed by atoms with E-state index in [0.717, 1.165) is 52.9 Å². The Kier molecular flexibility index (Phi) is 4.57. The summed E-state index contributed by atoms with van der Waals surface area (Å²) in [7, 11) is 1.68. The van der Waals surface area contributed by atoms with Crippen molar-refractivity contribution in [2.45, 2.75) is 39.2 Å². The van der Waals surface area contributed by atoms with Crippen LogP contribution in [0.3, 0.4) is 0 Å². The van der Waals surface area contributed by atoms with E-state index in [9.17, 15) is 4.39 Å². The number of hydrogen-bond acceptors (Lipinski definition) is 3. The monoisotopic (exact) mass is 355 g/mol. The molecule has 1 fully saturated rings. The average molecular weight is 355 g/mol. The summed E-state index contributed by atoms with van der Waals surface area (Å²) in [5.41, 5.74) is 2.85. The molecule has 0 aliphatic carbocycles. The second kappa shape index (κ2) is 6.88. The van der Waals surface area contributed by atoms with Crippen LogP contribution in [-0.2, 0) is 0 Å². The molecule has 26 heavy (non-hydrogen) atoms. The molecular weight excluding hydrogens is 329 g/mol. The second-order valence-corrected chi connectivity index (χ2v) is 7.39. The Morgan fingerprint density at radius 3 is 2.65 bits per heavy atom. The molecule has 1 aliphatic heterocycles. The van der Waals surface area contributed by atoms with Crippen LogP contribution in [0.4, 0.5) is 4.39 Å². The molecular formula is C21H26FN3O. The van der Waals surface area contributed by atoms with Gasteiger partial charge in [0.05, 0.1) is 23.8 Å². The highest BCUT2D eigenvalue weighted by Gasteiger charge is 2.21. The average Bonchev–Trinajstić information content (AvgIpc) is 2.96. The molecule has 1 saturated heterocycles. The summed E-state index contributed by atoms with van der Waals surface area (Å²) in [5, 5.41) is 1.98. The molecule has 5 heteroatoms. The van der Waals surface area contributed by atoms with E-state index in [2.05, 4.69) is 27.4 Å². The predicted octanol–water partition coefficient (Wildman–Crippen LogP) is 4.69. The van der Waals surface area contributed by atoms with Gasteiger partial charge in [-0.2, -0.15) is 4.39 Å². The zero-order valence-corrected chi connectivity index (χ0v) is 15.8. The molecule has 2 aromatic heterocycles. The maximum atomic E-state index is 14.0. The summed E-state index contributed by atoms with van der Waals surface area (Å²) >= 11 is 0. The fraction of sp³-hybridized carbons (Fsp3) is 0.476. The third-order valence-corrected chi connectivity index (χ3v) is 5.54. The maximum absolute atomic E-state index is 14.0. The number of ether oxygens (including phenoxy) is 1. The molecule has 3 heterocycles. The largest absolute Gasteiger partial charge is 0.497 e. The summed E-state index contributed by atoms with van der Waals surface area (Å²) in [6.07, 6.45) is 3.89. The first-order chi connectivity index (χ1) is 12.6. The number of likely N-dealkylation sites (tertiary alicyclic amines) is 1. The van der Waals surface area contributed by atoms with Gasteiger partial charge in [0.2, 0.25) is 5.95 Å². The van der Waals surface area contributed by atoms with Crippen LogP contribution in [-0.4, -0.2) is 41.2 Å². The molecule has 1 atom stereocenters. The number of piperidine rings is 1. The maximum Gasteiger partial charge on any atom is 0.213 e. The van der Waals surface area contributed by atoms with Gasteiger partial charge in [-0.05, 0) is 51.9 Å². The van der Waals surface area contributed by atoms with E-state index in [1.54, 1.807) is 13.2 Å². The number of nitrogens with zero attached hydrogens (tertiary/aromatic N) is 3. The van der Waals surface area contributed by atoms with Gasteiger partial charge in [-0.15, -0.1) is 0 Å². The predicted molar refractivity (Wildman–Crippen MR) is 103 cm³/mol. The fourth-order valence-corrected chi connectivity index (χ4v) is 4.38. The molecule has 0 radical (unpaired) electrons. The normalized spacial score (nSPS) is 17.1. The molecule has 3 aromatic rings. The smallest absolute Gasteiger partial charge is 0.213 e. The van der Waals surface area contributed by atoms with Crippen molar-refractivity contribution in [2.75, 3.05) is 26.7 Å². The molecule has 0 spiro atoms. The van der Waals surface area contributed by atoms with Gasteiger partial charge >= 0.3 is 0 Å². The van der Waals surface area contributed by atoms with Crippen LogP contribution < -0.4 is 4.74 Å². The standard InChI is InChI=1S/C21H26FN3O/c1-14(13-24-9-5-4-6-10-24)25-19-11-16(26-3)7-8-17(19)18-12-20(22)23-15(2)21(18)25/h7-8,11-12,14H,4-6,9-10,13H2,1-3H3. The molecule has 0 amide bonds. The van der Waals surface area contributed by atoms with Gasteiger partial charge in [-0.3, -0.25) is 0 Å². The van der Waals surface area contributed by atoms with Crippen molar-refractivity contribution < 1.29 is 9.13 Å². The van der Waals surface area contributed by atoms with Gasteiger partial charge in [-0.1, -0.05) is 6.42 Å². The summed E-state index contributed by atoms with van der Waals surface area (Å²) in [6.45, 7) is 7.46.